The highest BCUT2D eigenvalue weighted by atomic mass is 16.5. The van der Waals surface area contributed by atoms with Crippen LogP contribution in [0.25, 0.3) is 0 Å². The SMILES string of the molecule is O=C(OC1=CC=C([OH2+])CC1)c1ccc(O)cc1. The van der Waals surface area contributed by atoms with Crippen LogP contribution in [0.15, 0.2) is 47.9 Å². The van der Waals surface area contributed by atoms with E-state index in [9.17, 15) is 4.79 Å². The minimum atomic E-state index is -0.446. The van der Waals surface area contributed by atoms with Gasteiger partial charge in [-0.3, -0.25) is 0 Å². The largest absolute Gasteiger partial charge is 0.596 e. The molecule has 88 valence electrons. The summed E-state index contributed by atoms with van der Waals surface area (Å²) in [5.74, 6) is 0.770. The van der Waals surface area contributed by atoms with Crippen LogP contribution < -0.4 is 0 Å². The number of phenols is 1. The van der Waals surface area contributed by atoms with E-state index in [0.717, 1.165) is 0 Å². The Labute approximate surface area is 98.5 Å². The molecule has 2 rings (SSSR count). The molecule has 0 spiro atoms. The van der Waals surface area contributed by atoms with Crippen molar-refractivity contribution in [3.8, 4) is 5.75 Å². The summed E-state index contributed by atoms with van der Waals surface area (Å²) >= 11 is 0. The number of aromatic hydroxyl groups is 1. The molecule has 4 nitrogen and oxygen atoms in total. The van der Waals surface area contributed by atoms with Gasteiger partial charge in [-0.15, -0.1) is 0 Å². The van der Waals surface area contributed by atoms with Gasteiger partial charge < -0.3 is 14.9 Å². The molecule has 0 saturated carbocycles. The van der Waals surface area contributed by atoms with Gasteiger partial charge in [0.25, 0.3) is 0 Å². The van der Waals surface area contributed by atoms with Crippen molar-refractivity contribution in [3.05, 3.63) is 53.5 Å². The molecule has 0 aliphatic heterocycles. The van der Waals surface area contributed by atoms with E-state index in [1.165, 1.54) is 24.3 Å². The lowest BCUT2D eigenvalue weighted by atomic mass is 10.1. The molecule has 1 aliphatic carbocycles. The van der Waals surface area contributed by atoms with E-state index < -0.39 is 5.97 Å². The van der Waals surface area contributed by atoms with Gasteiger partial charge in [-0.2, -0.15) is 0 Å². The quantitative estimate of drug-likeness (QED) is 0.625. The molecule has 17 heavy (non-hydrogen) atoms. The topological polar surface area (TPSA) is 69.4 Å². The number of rotatable bonds is 2. The third-order valence-electron chi connectivity index (χ3n) is 2.44. The fraction of sp³-hybridized carbons (Fsp3) is 0.154. The molecule has 1 aromatic carbocycles. The van der Waals surface area contributed by atoms with Gasteiger partial charge in [-0.1, -0.05) is 0 Å². The summed E-state index contributed by atoms with van der Waals surface area (Å²) in [6, 6.07) is 5.89. The molecule has 3 N–H and O–H groups in total. The summed E-state index contributed by atoms with van der Waals surface area (Å²) in [6.45, 7) is 0. The maximum atomic E-state index is 11.7. The van der Waals surface area contributed by atoms with E-state index in [0.29, 0.717) is 29.9 Å². The first-order valence-electron chi connectivity index (χ1n) is 5.28. The summed E-state index contributed by atoms with van der Waals surface area (Å²) < 4.78 is 5.18. The summed E-state index contributed by atoms with van der Waals surface area (Å²) in [6.07, 6.45) is 4.43. The van der Waals surface area contributed by atoms with Crippen LogP contribution in [0, 0.1) is 0 Å². The molecular weight excluding hydrogens is 220 g/mol. The Balaban J connectivity index is 2.05. The van der Waals surface area contributed by atoms with Crippen molar-refractivity contribution in [3.63, 3.8) is 0 Å². The van der Waals surface area contributed by atoms with Crippen molar-refractivity contribution in [1.29, 1.82) is 0 Å². The normalized spacial score (nSPS) is 14.8. The minimum Gasteiger partial charge on any atom is -0.596 e. The van der Waals surface area contributed by atoms with E-state index in [1.54, 1.807) is 12.2 Å². The summed E-state index contributed by atoms with van der Waals surface area (Å²) in [4.78, 5) is 11.7. The number of carbonyl (C=O) groups excluding carboxylic acids is 1. The molecule has 4 heteroatoms. The first-order valence-corrected chi connectivity index (χ1v) is 5.28. The van der Waals surface area contributed by atoms with Gasteiger partial charge in [0.05, 0.1) is 12.0 Å². The van der Waals surface area contributed by atoms with Gasteiger partial charge in [-0.05, 0) is 30.3 Å². The van der Waals surface area contributed by atoms with Crippen LogP contribution in [0.2, 0.25) is 0 Å². The van der Waals surface area contributed by atoms with Gasteiger partial charge in [0.1, 0.15) is 11.5 Å². The molecule has 0 bridgehead atoms. The molecule has 1 aromatic rings. The Morgan fingerprint density at radius 2 is 1.88 bits per heavy atom. The Kier molecular flexibility index (Phi) is 3.14. The Hall–Kier alpha value is -2.23. The smallest absolute Gasteiger partial charge is 0.343 e. The van der Waals surface area contributed by atoms with Crippen LogP contribution in [0.3, 0.4) is 0 Å². The van der Waals surface area contributed by atoms with Gasteiger partial charge in [0.15, 0.2) is 0 Å². The number of allylic oxidation sites excluding steroid dienone is 4. The second-order valence-corrected chi connectivity index (χ2v) is 3.76. The maximum Gasteiger partial charge on any atom is 0.343 e. The number of hydrogen-bond acceptors (Lipinski definition) is 3. The number of esters is 1. The number of ether oxygens (including phenoxy) is 1. The Bertz CT molecular complexity index is 483. The van der Waals surface area contributed by atoms with E-state index >= 15 is 0 Å². The lowest BCUT2D eigenvalue weighted by Crippen LogP contribution is -2.06. The fourth-order valence-electron chi connectivity index (χ4n) is 1.48. The third kappa shape index (κ3) is 2.87. The third-order valence-corrected chi connectivity index (χ3v) is 2.44. The number of benzene rings is 1. The van der Waals surface area contributed by atoms with Crippen LogP contribution in [-0.4, -0.2) is 16.2 Å². The summed E-state index contributed by atoms with van der Waals surface area (Å²) in [5, 5.41) is 16.5. The molecule has 0 aromatic heterocycles. The van der Waals surface area contributed by atoms with Crippen LogP contribution >= 0.6 is 0 Å². The molecule has 0 radical (unpaired) electrons. The lowest BCUT2D eigenvalue weighted by Gasteiger charge is -2.10. The molecule has 0 fully saturated rings. The van der Waals surface area contributed by atoms with Crippen LogP contribution in [-0.2, 0) is 4.74 Å². The fourth-order valence-corrected chi connectivity index (χ4v) is 1.48. The second-order valence-electron chi connectivity index (χ2n) is 3.76. The zero-order valence-electron chi connectivity index (χ0n) is 9.14. The second kappa shape index (κ2) is 4.74. The highest BCUT2D eigenvalue weighted by molar-refractivity contribution is 5.90. The molecule has 0 atom stereocenters. The van der Waals surface area contributed by atoms with Crippen molar-refractivity contribution in [2.75, 3.05) is 0 Å². The van der Waals surface area contributed by atoms with Crippen molar-refractivity contribution >= 4 is 5.97 Å². The van der Waals surface area contributed by atoms with Crippen molar-refractivity contribution in [2.45, 2.75) is 12.8 Å². The predicted molar refractivity (Wildman–Crippen MR) is 62.5 cm³/mol. The van der Waals surface area contributed by atoms with Crippen molar-refractivity contribution < 1.29 is 19.7 Å². The van der Waals surface area contributed by atoms with Crippen LogP contribution in [0.4, 0.5) is 0 Å². The van der Waals surface area contributed by atoms with E-state index in [2.05, 4.69) is 0 Å². The van der Waals surface area contributed by atoms with Gasteiger partial charge in [-0.25, -0.2) is 4.79 Å². The summed E-state index contributed by atoms with van der Waals surface area (Å²) in [5.41, 5.74) is 0.393. The van der Waals surface area contributed by atoms with Crippen LogP contribution in [0.1, 0.15) is 23.2 Å². The van der Waals surface area contributed by atoms with Crippen molar-refractivity contribution in [1.82, 2.24) is 0 Å². The molecule has 0 amide bonds. The van der Waals surface area contributed by atoms with E-state index in [4.69, 9.17) is 14.9 Å². The Morgan fingerprint density at radius 3 is 2.47 bits per heavy atom. The van der Waals surface area contributed by atoms with E-state index in [1.807, 2.05) is 0 Å². The minimum absolute atomic E-state index is 0.111. The lowest BCUT2D eigenvalue weighted by molar-refractivity contribution is 0.0611. The maximum absolute atomic E-state index is 11.7. The van der Waals surface area contributed by atoms with Gasteiger partial charge >= 0.3 is 5.97 Å². The average Bonchev–Trinajstić information content (AvgIpc) is 2.33. The first-order chi connectivity index (χ1) is 8.15. The molecule has 0 unspecified atom stereocenters. The van der Waals surface area contributed by atoms with Gasteiger partial charge in [0, 0.05) is 12.5 Å². The molecule has 0 saturated heterocycles. The van der Waals surface area contributed by atoms with E-state index in [-0.39, 0.29) is 5.75 Å². The Morgan fingerprint density at radius 1 is 1.18 bits per heavy atom. The highest BCUT2D eigenvalue weighted by Gasteiger charge is 2.14. The number of hydrogen-bond donors (Lipinski definition) is 1. The predicted octanol–water partition coefficient (Wildman–Crippen LogP) is 1.84. The van der Waals surface area contributed by atoms with Crippen LogP contribution in [0.5, 0.6) is 5.75 Å². The van der Waals surface area contributed by atoms with Gasteiger partial charge in [0.2, 0.25) is 5.76 Å². The zero-order chi connectivity index (χ0) is 12.3. The summed E-state index contributed by atoms with van der Waals surface area (Å²) in [7, 11) is 0. The number of carbonyl (C=O) groups is 1. The first kappa shape index (κ1) is 11.3. The van der Waals surface area contributed by atoms with Crippen molar-refractivity contribution in [2.24, 2.45) is 0 Å². The highest BCUT2D eigenvalue weighted by Crippen LogP contribution is 2.19. The zero-order valence-corrected chi connectivity index (χ0v) is 9.14. The molecular formula is C13H13O4+. The standard InChI is InChI=1S/C13H12O4/c14-10-3-1-9(2-4-10)13(16)17-12-7-5-11(15)6-8-12/h1-5,7,14-15H,6,8H2/p+1. The molecule has 0 heterocycles. The molecule has 1 aliphatic rings. The average molecular weight is 233 g/mol. The number of phenolic OH excluding ortho intramolecular Hbond substituents is 1. The monoisotopic (exact) mass is 233 g/mol.